The SMILES string of the molecule is O=C(NCc1cccc(Cl)c1)c1ccc2cn(CCc3ccccc3Cl)nc2c1. The van der Waals surface area contributed by atoms with Gasteiger partial charge in [0.05, 0.1) is 5.52 Å². The fourth-order valence-corrected chi connectivity index (χ4v) is 3.63. The monoisotopic (exact) mass is 423 g/mol. The maximum atomic E-state index is 12.5. The average molecular weight is 424 g/mol. The first-order chi connectivity index (χ1) is 14.1. The molecule has 4 rings (SSSR count). The zero-order valence-corrected chi connectivity index (χ0v) is 17.1. The van der Waals surface area contributed by atoms with Crippen molar-refractivity contribution in [2.75, 3.05) is 0 Å². The largest absolute Gasteiger partial charge is 0.348 e. The molecule has 1 aromatic heterocycles. The van der Waals surface area contributed by atoms with Crippen LogP contribution in [0.15, 0.2) is 72.9 Å². The van der Waals surface area contributed by atoms with E-state index in [0.29, 0.717) is 23.7 Å². The summed E-state index contributed by atoms with van der Waals surface area (Å²) >= 11 is 12.2. The lowest BCUT2D eigenvalue weighted by atomic mass is 10.1. The fourth-order valence-electron chi connectivity index (χ4n) is 3.19. The van der Waals surface area contributed by atoms with Gasteiger partial charge in [-0.3, -0.25) is 9.48 Å². The number of hydrogen-bond donors (Lipinski definition) is 1. The van der Waals surface area contributed by atoms with E-state index in [1.54, 1.807) is 0 Å². The number of aryl methyl sites for hydroxylation is 2. The van der Waals surface area contributed by atoms with Gasteiger partial charge in [-0.25, -0.2) is 0 Å². The lowest BCUT2D eigenvalue weighted by Gasteiger charge is -2.06. The second kappa shape index (κ2) is 8.68. The molecule has 0 saturated carbocycles. The maximum absolute atomic E-state index is 12.5. The second-order valence-electron chi connectivity index (χ2n) is 6.82. The molecular weight excluding hydrogens is 405 g/mol. The Balaban J connectivity index is 1.43. The molecule has 0 spiro atoms. The summed E-state index contributed by atoms with van der Waals surface area (Å²) in [5, 5.41) is 9.94. The van der Waals surface area contributed by atoms with Crippen molar-refractivity contribution in [3.63, 3.8) is 0 Å². The number of aromatic nitrogens is 2. The number of hydrogen-bond acceptors (Lipinski definition) is 2. The number of carbonyl (C=O) groups is 1. The first-order valence-corrected chi connectivity index (χ1v) is 10.1. The van der Waals surface area contributed by atoms with Gasteiger partial charge in [0, 0.05) is 40.3 Å². The van der Waals surface area contributed by atoms with Gasteiger partial charge in [-0.05, 0) is 47.9 Å². The minimum atomic E-state index is -0.141. The first kappa shape index (κ1) is 19.5. The molecule has 3 aromatic carbocycles. The Morgan fingerprint density at radius 2 is 1.86 bits per heavy atom. The first-order valence-electron chi connectivity index (χ1n) is 9.32. The van der Waals surface area contributed by atoms with Crippen LogP contribution in [0.1, 0.15) is 21.5 Å². The molecule has 1 heterocycles. The van der Waals surface area contributed by atoms with Crippen LogP contribution in [0.2, 0.25) is 10.0 Å². The van der Waals surface area contributed by atoms with Crippen LogP contribution in [-0.4, -0.2) is 15.7 Å². The smallest absolute Gasteiger partial charge is 0.251 e. The van der Waals surface area contributed by atoms with Crippen molar-refractivity contribution in [2.24, 2.45) is 0 Å². The molecule has 0 aliphatic rings. The predicted octanol–water partition coefficient (Wildman–Crippen LogP) is 5.52. The summed E-state index contributed by atoms with van der Waals surface area (Å²) < 4.78 is 1.89. The van der Waals surface area contributed by atoms with Crippen LogP contribution >= 0.6 is 23.2 Å². The molecule has 6 heteroatoms. The fraction of sp³-hybridized carbons (Fsp3) is 0.130. The number of nitrogens with zero attached hydrogens (tertiary/aromatic N) is 2. The van der Waals surface area contributed by atoms with Gasteiger partial charge in [0.25, 0.3) is 5.91 Å². The van der Waals surface area contributed by atoms with Crippen molar-refractivity contribution < 1.29 is 4.79 Å². The number of benzene rings is 3. The Kier molecular flexibility index (Phi) is 5.84. The zero-order chi connectivity index (χ0) is 20.2. The third-order valence-electron chi connectivity index (χ3n) is 4.73. The molecule has 0 bridgehead atoms. The number of fused-ring (bicyclic) bond motifs is 1. The van der Waals surface area contributed by atoms with Crippen LogP contribution in [0.5, 0.6) is 0 Å². The van der Waals surface area contributed by atoms with E-state index >= 15 is 0 Å². The van der Waals surface area contributed by atoms with E-state index in [4.69, 9.17) is 23.2 Å². The van der Waals surface area contributed by atoms with Crippen LogP contribution in [0, 0.1) is 0 Å². The third kappa shape index (κ3) is 4.78. The molecule has 4 nitrogen and oxygen atoms in total. The van der Waals surface area contributed by atoms with Crippen LogP contribution in [0.4, 0.5) is 0 Å². The number of rotatable bonds is 6. The van der Waals surface area contributed by atoms with Gasteiger partial charge >= 0.3 is 0 Å². The summed E-state index contributed by atoms with van der Waals surface area (Å²) in [5.74, 6) is -0.141. The van der Waals surface area contributed by atoms with Crippen molar-refractivity contribution in [3.8, 4) is 0 Å². The quantitative estimate of drug-likeness (QED) is 0.443. The van der Waals surface area contributed by atoms with Crippen LogP contribution in [-0.2, 0) is 19.5 Å². The molecule has 0 radical (unpaired) electrons. The molecule has 0 aliphatic carbocycles. The highest BCUT2D eigenvalue weighted by atomic mass is 35.5. The second-order valence-corrected chi connectivity index (χ2v) is 7.66. The number of nitrogens with one attached hydrogen (secondary N) is 1. The van der Waals surface area contributed by atoms with E-state index in [2.05, 4.69) is 10.4 Å². The van der Waals surface area contributed by atoms with E-state index in [1.165, 1.54) is 0 Å². The van der Waals surface area contributed by atoms with Gasteiger partial charge in [-0.2, -0.15) is 5.10 Å². The van der Waals surface area contributed by atoms with Crippen molar-refractivity contribution >= 4 is 40.0 Å². The Bertz CT molecular complexity index is 1170. The summed E-state index contributed by atoms with van der Waals surface area (Å²) in [6, 6.07) is 20.8. The predicted molar refractivity (Wildman–Crippen MR) is 118 cm³/mol. The Hall–Kier alpha value is -2.82. The van der Waals surface area contributed by atoms with E-state index in [0.717, 1.165) is 33.5 Å². The van der Waals surface area contributed by atoms with E-state index in [-0.39, 0.29) is 5.91 Å². The van der Waals surface area contributed by atoms with Crippen molar-refractivity contribution in [3.05, 3.63) is 99.7 Å². The average Bonchev–Trinajstić information content (AvgIpc) is 3.13. The van der Waals surface area contributed by atoms with E-state index in [9.17, 15) is 4.79 Å². The molecule has 1 N–H and O–H groups in total. The molecule has 0 atom stereocenters. The minimum Gasteiger partial charge on any atom is -0.348 e. The molecule has 146 valence electrons. The summed E-state index contributed by atoms with van der Waals surface area (Å²) in [7, 11) is 0. The lowest BCUT2D eigenvalue weighted by molar-refractivity contribution is 0.0951. The van der Waals surface area contributed by atoms with Gasteiger partial charge in [0.1, 0.15) is 0 Å². The topological polar surface area (TPSA) is 46.9 Å². The number of amides is 1. The van der Waals surface area contributed by atoms with Crippen molar-refractivity contribution in [1.29, 1.82) is 0 Å². The Labute approximate surface area is 179 Å². The summed E-state index contributed by atoms with van der Waals surface area (Å²) in [4.78, 5) is 12.5. The van der Waals surface area contributed by atoms with Gasteiger partial charge in [-0.15, -0.1) is 0 Å². The molecule has 4 aromatic rings. The molecule has 29 heavy (non-hydrogen) atoms. The minimum absolute atomic E-state index is 0.141. The molecule has 0 aliphatic heterocycles. The van der Waals surface area contributed by atoms with Gasteiger partial charge < -0.3 is 5.32 Å². The van der Waals surface area contributed by atoms with Gasteiger partial charge in [0.15, 0.2) is 0 Å². The zero-order valence-electron chi connectivity index (χ0n) is 15.6. The van der Waals surface area contributed by atoms with Crippen LogP contribution < -0.4 is 5.32 Å². The summed E-state index contributed by atoms with van der Waals surface area (Å²) in [6.07, 6.45) is 2.78. The summed E-state index contributed by atoms with van der Waals surface area (Å²) in [6.45, 7) is 1.14. The third-order valence-corrected chi connectivity index (χ3v) is 5.33. The molecule has 0 saturated heterocycles. The van der Waals surface area contributed by atoms with Crippen molar-refractivity contribution in [1.82, 2.24) is 15.1 Å². The molecular formula is C23H19Cl2N3O. The highest BCUT2D eigenvalue weighted by Crippen LogP contribution is 2.18. The molecule has 0 fully saturated rings. The highest BCUT2D eigenvalue weighted by molar-refractivity contribution is 6.31. The number of halogens is 2. The standard InChI is InChI=1S/C23H19Cl2N3O/c24-20-6-3-4-16(12-20)14-26-23(29)18-8-9-19-15-28(27-22(19)13-18)11-10-17-5-1-2-7-21(17)25/h1-9,12-13,15H,10-11,14H2,(H,26,29). The Morgan fingerprint density at radius 3 is 2.69 bits per heavy atom. The molecule has 0 unspecified atom stereocenters. The normalized spacial score (nSPS) is 11.0. The van der Waals surface area contributed by atoms with Gasteiger partial charge in [0.2, 0.25) is 0 Å². The lowest BCUT2D eigenvalue weighted by Crippen LogP contribution is -2.22. The van der Waals surface area contributed by atoms with Crippen LogP contribution in [0.3, 0.4) is 0 Å². The maximum Gasteiger partial charge on any atom is 0.251 e. The van der Waals surface area contributed by atoms with Gasteiger partial charge in [-0.1, -0.05) is 59.6 Å². The highest BCUT2D eigenvalue weighted by Gasteiger charge is 2.09. The number of carbonyl (C=O) groups excluding carboxylic acids is 1. The summed E-state index contributed by atoms with van der Waals surface area (Å²) in [5.41, 5.74) is 3.42. The molecule has 1 amide bonds. The van der Waals surface area contributed by atoms with E-state index in [1.807, 2.05) is 77.6 Å². The van der Waals surface area contributed by atoms with Crippen molar-refractivity contribution in [2.45, 2.75) is 19.5 Å². The van der Waals surface area contributed by atoms with E-state index < -0.39 is 0 Å². The Morgan fingerprint density at radius 1 is 1.00 bits per heavy atom. The van der Waals surface area contributed by atoms with Crippen LogP contribution in [0.25, 0.3) is 10.9 Å².